The van der Waals surface area contributed by atoms with Gasteiger partial charge in [0.25, 0.3) is 5.91 Å². The van der Waals surface area contributed by atoms with Gasteiger partial charge < -0.3 is 5.32 Å². The molecule has 150 valence electrons. The van der Waals surface area contributed by atoms with Crippen molar-refractivity contribution < 1.29 is 13.2 Å². The summed E-state index contributed by atoms with van der Waals surface area (Å²) < 4.78 is 27.4. The second kappa shape index (κ2) is 8.74. The SMILES string of the molecule is CC1CC(C)CN(S(=O)(=O)c2ccc(C(=O)NCC3CCCCC3)cc2)C1. The third kappa shape index (κ3) is 5.11. The molecule has 5 nitrogen and oxygen atoms in total. The first kappa shape index (κ1) is 20.3. The molecule has 2 atom stereocenters. The van der Waals surface area contributed by atoms with Gasteiger partial charge in [-0.05, 0) is 61.3 Å². The zero-order valence-corrected chi connectivity index (χ0v) is 17.3. The van der Waals surface area contributed by atoms with Crippen molar-refractivity contribution in [3.63, 3.8) is 0 Å². The molecule has 1 saturated carbocycles. The van der Waals surface area contributed by atoms with Crippen LogP contribution < -0.4 is 5.32 Å². The number of nitrogens with one attached hydrogen (secondary N) is 1. The first-order valence-corrected chi connectivity index (χ1v) is 11.7. The smallest absolute Gasteiger partial charge is 0.251 e. The van der Waals surface area contributed by atoms with E-state index in [2.05, 4.69) is 19.2 Å². The first-order chi connectivity index (χ1) is 12.9. The van der Waals surface area contributed by atoms with Crippen molar-refractivity contribution in [2.24, 2.45) is 17.8 Å². The van der Waals surface area contributed by atoms with Crippen LogP contribution in [-0.2, 0) is 10.0 Å². The van der Waals surface area contributed by atoms with Gasteiger partial charge in [0.15, 0.2) is 0 Å². The van der Waals surface area contributed by atoms with Crippen LogP contribution in [0.5, 0.6) is 0 Å². The lowest BCUT2D eigenvalue weighted by Crippen LogP contribution is -2.42. The van der Waals surface area contributed by atoms with E-state index in [-0.39, 0.29) is 10.8 Å². The highest BCUT2D eigenvalue weighted by Crippen LogP contribution is 2.27. The van der Waals surface area contributed by atoms with Crippen LogP contribution in [0.4, 0.5) is 0 Å². The zero-order valence-electron chi connectivity index (χ0n) is 16.5. The van der Waals surface area contributed by atoms with Gasteiger partial charge in [-0.15, -0.1) is 0 Å². The number of amides is 1. The number of piperidine rings is 1. The van der Waals surface area contributed by atoms with Crippen molar-refractivity contribution in [2.45, 2.75) is 57.3 Å². The van der Waals surface area contributed by atoms with Gasteiger partial charge in [0.2, 0.25) is 10.0 Å². The molecule has 1 aromatic carbocycles. The summed E-state index contributed by atoms with van der Waals surface area (Å²) in [7, 11) is -3.50. The number of carbonyl (C=O) groups is 1. The van der Waals surface area contributed by atoms with Crippen molar-refractivity contribution in [3.8, 4) is 0 Å². The predicted octanol–water partition coefficient (Wildman–Crippen LogP) is 3.66. The van der Waals surface area contributed by atoms with E-state index in [1.807, 2.05) is 0 Å². The molecule has 1 saturated heterocycles. The lowest BCUT2D eigenvalue weighted by atomic mass is 9.89. The summed E-state index contributed by atoms with van der Waals surface area (Å²) in [6.07, 6.45) is 7.23. The lowest BCUT2D eigenvalue weighted by molar-refractivity contribution is 0.0943. The molecule has 0 aromatic heterocycles. The average molecular weight is 393 g/mol. The van der Waals surface area contributed by atoms with Crippen LogP contribution in [-0.4, -0.2) is 38.3 Å². The molecule has 1 aliphatic carbocycles. The Kier molecular flexibility index (Phi) is 6.58. The normalized spacial score (nSPS) is 25.3. The number of benzene rings is 1. The Hall–Kier alpha value is -1.40. The fraction of sp³-hybridized carbons (Fsp3) is 0.667. The molecule has 1 N–H and O–H groups in total. The van der Waals surface area contributed by atoms with Gasteiger partial charge in [-0.2, -0.15) is 4.31 Å². The largest absolute Gasteiger partial charge is 0.352 e. The molecule has 2 aliphatic rings. The minimum Gasteiger partial charge on any atom is -0.352 e. The third-order valence-electron chi connectivity index (χ3n) is 5.87. The van der Waals surface area contributed by atoms with E-state index in [9.17, 15) is 13.2 Å². The zero-order chi connectivity index (χ0) is 19.4. The maximum atomic E-state index is 12.9. The molecule has 0 bridgehead atoms. The Balaban J connectivity index is 1.62. The van der Waals surface area contributed by atoms with Gasteiger partial charge in [0.1, 0.15) is 0 Å². The van der Waals surface area contributed by atoms with Gasteiger partial charge in [-0.25, -0.2) is 8.42 Å². The van der Waals surface area contributed by atoms with E-state index in [0.29, 0.717) is 43.0 Å². The van der Waals surface area contributed by atoms with Gasteiger partial charge in [-0.3, -0.25) is 4.79 Å². The highest BCUT2D eigenvalue weighted by molar-refractivity contribution is 7.89. The second-order valence-corrected chi connectivity index (χ2v) is 10.4. The van der Waals surface area contributed by atoms with Crippen LogP contribution in [0, 0.1) is 17.8 Å². The van der Waals surface area contributed by atoms with E-state index in [1.54, 1.807) is 28.6 Å². The minimum atomic E-state index is -3.50. The van der Waals surface area contributed by atoms with Crippen molar-refractivity contribution in [3.05, 3.63) is 29.8 Å². The summed E-state index contributed by atoms with van der Waals surface area (Å²) in [5, 5.41) is 3.00. The van der Waals surface area contributed by atoms with E-state index in [0.717, 1.165) is 6.42 Å². The third-order valence-corrected chi connectivity index (χ3v) is 7.71. The van der Waals surface area contributed by atoms with Crippen molar-refractivity contribution >= 4 is 15.9 Å². The molecule has 0 spiro atoms. The Morgan fingerprint density at radius 3 is 2.22 bits per heavy atom. The summed E-state index contributed by atoms with van der Waals surface area (Å²) in [5.41, 5.74) is 0.519. The molecule has 1 amide bonds. The van der Waals surface area contributed by atoms with Gasteiger partial charge in [0.05, 0.1) is 4.90 Å². The summed E-state index contributed by atoms with van der Waals surface area (Å²) in [5.74, 6) is 1.19. The molecule has 6 heteroatoms. The summed E-state index contributed by atoms with van der Waals surface area (Å²) >= 11 is 0. The van der Waals surface area contributed by atoms with Crippen molar-refractivity contribution in [2.75, 3.05) is 19.6 Å². The summed E-state index contributed by atoms with van der Waals surface area (Å²) in [6.45, 7) is 6.03. The number of sulfonamides is 1. The number of carbonyl (C=O) groups excluding carboxylic acids is 1. The highest BCUT2D eigenvalue weighted by atomic mass is 32.2. The van der Waals surface area contributed by atoms with Crippen molar-refractivity contribution in [1.29, 1.82) is 0 Å². The predicted molar refractivity (Wildman–Crippen MR) is 107 cm³/mol. The minimum absolute atomic E-state index is 0.121. The maximum absolute atomic E-state index is 12.9. The molecular weight excluding hydrogens is 360 g/mol. The van der Waals surface area contributed by atoms with Crippen molar-refractivity contribution in [1.82, 2.24) is 9.62 Å². The fourth-order valence-corrected chi connectivity index (χ4v) is 6.14. The molecule has 27 heavy (non-hydrogen) atoms. The molecule has 0 radical (unpaired) electrons. The van der Waals surface area contributed by atoms with E-state index >= 15 is 0 Å². The van der Waals surface area contributed by atoms with Crippen LogP contribution in [0.25, 0.3) is 0 Å². The standard InChI is InChI=1S/C21H32N2O3S/c1-16-12-17(2)15-23(14-16)27(25,26)20-10-8-19(9-11-20)21(24)22-13-18-6-4-3-5-7-18/h8-11,16-18H,3-7,12-15H2,1-2H3,(H,22,24). The monoisotopic (exact) mass is 392 g/mol. The first-order valence-electron chi connectivity index (χ1n) is 10.2. The van der Waals surface area contributed by atoms with Crippen LogP contribution in [0.1, 0.15) is 62.7 Å². The summed E-state index contributed by atoms with van der Waals surface area (Å²) in [6, 6.07) is 6.38. The number of hydrogen-bond acceptors (Lipinski definition) is 3. The number of hydrogen-bond donors (Lipinski definition) is 1. The van der Waals surface area contributed by atoms with Gasteiger partial charge in [0, 0.05) is 25.2 Å². The molecule has 2 fully saturated rings. The topological polar surface area (TPSA) is 66.5 Å². The average Bonchev–Trinajstić information content (AvgIpc) is 2.66. The Morgan fingerprint density at radius 1 is 1.04 bits per heavy atom. The highest BCUT2D eigenvalue weighted by Gasteiger charge is 2.31. The summed E-state index contributed by atoms with van der Waals surface area (Å²) in [4.78, 5) is 12.6. The second-order valence-electron chi connectivity index (χ2n) is 8.51. The fourth-order valence-electron chi connectivity index (χ4n) is 4.46. The lowest BCUT2D eigenvalue weighted by Gasteiger charge is -2.34. The van der Waals surface area contributed by atoms with E-state index < -0.39 is 10.0 Å². The molecular formula is C21H32N2O3S. The van der Waals surface area contributed by atoms with Crippen LogP contribution in [0.15, 0.2) is 29.2 Å². The van der Waals surface area contributed by atoms with E-state index in [4.69, 9.17) is 0 Å². The Bertz CT molecular complexity index is 729. The van der Waals surface area contributed by atoms with Crippen LogP contribution >= 0.6 is 0 Å². The van der Waals surface area contributed by atoms with Gasteiger partial charge in [-0.1, -0.05) is 33.1 Å². The molecule has 2 unspecified atom stereocenters. The molecule has 3 rings (SSSR count). The Labute approximate surface area is 163 Å². The Morgan fingerprint density at radius 2 is 1.63 bits per heavy atom. The molecule has 1 heterocycles. The number of rotatable bonds is 5. The molecule has 1 aliphatic heterocycles. The molecule has 1 aromatic rings. The van der Waals surface area contributed by atoms with Crippen LogP contribution in [0.2, 0.25) is 0 Å². The maximum Gasteiger partial charge on any atom is 0.251 e. The quantitative estimate of drug-likeness (QED) is 0.831. The van der Waals surface area contributed by atoms with Gasteiger partial charge >= 0.3 is 0 Å². The number of nitrogens with zero attached hydrogens (tertiary/aromatic N) is 1. The van der Waals surface area contributed by atoms with E-state index in [1.165, 1.54) is 32.1 Å². The van der Waals surface area contributed by atoms with Crippen LogP contribution in [0.3, 0.4) is 0 Å².